The second-order valence-corrected chi connectivity index (χ2v) is 5.07. The maximum atomic E-state index is 12.4. The number of benzene rings is 1. The van der Waals surface area contributed by atoms with Crippen molar-refractivity contribution in [2.24, 2.45) is 0 Å². The van der Waals surface area contributed by atoms with E-state index in [1.807, 2.05) is 42.3 Å². The van der Waals surface area contributed by atoms with Crippen molar-refractivity contribution in [2.45, 2.75) is 19.3 Å². The Hall–Kier alpha value is -1.83. The lowest BCUT2D eigenvalue weighted by Gasteiger charge is -2.17. The van der Waals surface area contributed by atoms with Gasteiger partial charge in [-0.1, -0.05) is 30.3 Å². The molecule has 2 aliphatic rings. The molecule has 0 fully saturated rings. The standard InChI is InChI=1S/C16H17NO/c1-17-11-14-9-5-8-13(14)10-15(16(17)18)12-6-3-2-4-7-12/h2-4,6-7,10H,5,8-9,11H2,1H3. The van der Waals surface area contributed by atoms with Crippen LogP contribution in [0.15, 0.2) is 47.6 Å². The second-order valence-electron chi connectivity index (χ2n) is 5.07. The van der Waals surface area contributed by atoms with Gasteiger partial charge in [-0.2, -0.15) is 0 Å². The van der Waals surface area contributed by atoms with Gasteiger partial charge >= 0.3 is 0 Å². The predicted molar refractivity (Wildman–Crippen MR) is 72.9 cm³/mol. The van der Waals surface area contributed by atoms with Gasteiger partial charge in [0.2, 0.25) is 0 Å². The topological polar surface area (TPSA) is 20.3 Å². The normalized spacial score (nSPS) is 19.7. The molecule has 18 heavy (non-hydrogen) atoms. The van der Waals surface area contributed by atoms with E-state index in [4.69, 9.17) is 0 Å². The van der Waals surface area contributed by atoms with Gasteiger partial charge in [0.15, 0.2) is 0 Å². The Morgan fingerprint density at radius 1 is 1.11 bits per heavy atom. The number of hydrogen-bond acceptors (Lipinski definition) is 1. The number of nitrogens with zero attached hydrogens (tertiary/aromatic N) is 1. The molecule has 0 bridgehead atoms. The van der Waals surface area contributed by atoms with E-state index in [1.54, 1.807) is 0 Å². The van der Waals surface area contributed by atoms with Crippen molar-refractivity contribution >= 4 is 11.5 Å². The number of likely N-dealkylation sites (N-methyl/N-ethyl adjacent to an activating group) is 1. The molecule has 1 aliphatic carbocycles. The van der Waals surface area contributed by atoms with Crippen molar-refractivity contribution in [1.82, 2.24) is 4.90 Å². The Labute approximate surface area is 108 Å². The Balaban J connectivity index is 2.08. The molecule has 0 unspecified atom stereocenters. The van der Waals surface area contributed by atoms with Crippen molar-refractivity contribution < 1.29 is 4.79 Å². The van der Waals surface area contributed by atoms with Crippen molar-refractivity contribution in [3.63, 3.8) is 0 Å². The Kier molecular flexibility index (Phi) is 2.78. The highest BCUT2D eigenvalue weighted by Gasteiger charge is 2.25. The van der Waals surface area contributed by atoms with Crippen LogP contribution in [0.1, 0.15) is 24.8 Å². The van der Waals surface area contributed by atoms with Gasteiger partial charge in [0.05, 0.1) is 0 Å². The Morgan fingerprint density at radius 2 is 1.89 bits per heavy atom. The Morgan fingerprint density at radius 3 is 2.67 bits per heavy atom. The number of rotatable bonds is 1. The zero-order chi connectivity index (χ0) is 12.5. The first-order chi connectivity index (χ1) is 8.75. The van der Waals surface area contributed by atoms with Crippen molar-refractivity contribution in [1.29, 1.82) is 0 Å². The molecule has 1 aromatic carbocycles. The first-order valence-corrected chi connectivity index (χ1v) is 6.49. The van der Waals surface area contributed by atoms with Crippen LogP contribution in [-0.2, 0) is 4.79 Å². The minimum absolute atomic E-state index is 0.135. The van der Waals surface area contributed by atoms with Gasteiger partial charge in [-0.25, -0.2) is 0 Å². The maximum Gasteiger partial charge on any atom is 0.254 e. The molecule has 1 aliphatic heterocycles. The summed E-state index contributed by atoms with van der Waals surface area (Å²) in [4.78, 5) is 14.2. The summed E-state index contributed by atoms with van der Waals surface area (Å²) in [6.45, 7) is 0.793. The van der Waals surface area contributed by atoms with E-state index in [0.29, 0.717) is 0 Å². The third kappa shape index (κ3) is 1.88. The zero-order valence-electron chi connectivity index (χ0n) is 10.6. The summed E-state index contributed by atoms with van der Waals surface area (Å²) in [6.07, 6.45) is 5.60. The van der Waals surface area contributed by atoms with Crippen molar-refractivity contribution in [2.75, 3.05) is 13.6 Å². The molecule has 0 saturated carbocycles. The van der Waals surface area contributed by atoms with Crippen LogP contribution >= 0.6 is 0 Å². The quantitative estimate of drug-likeness (QED) is 0.737. The molecular weight excluding hydrogens is 222 g/mol. The fourth-order valence-electron chi connectivity index (χ4n) is 2.81. The third-order valence-corrected chi connectivity index (χ3v) is 3.79. The molecule has 1 amide bonds. The lowest BCUT2D eigenvalue weighted by molar-refractivity contribution is -0.123. The van der Waals surface area contributed by atoms with Crippen LogP contribution in [0.4, 0.5) is 0 Å². The van der Waals surface area contributed by atoms with Gasteiger partial charge in [0.1, 0.15) is 0 Å². The summed E-state index contributed by atoms with van der Waals surface area (Å²) in [5, 5.41) is 0. The molecule has 1 heterocycles. The number of carbonyl (C=O) groups is 1. The summed E-state index contributed by atoms with van der Waals surface area (Å²) >= 11 is 0. The molecule has 0 radical (unpaired) electrons. The van der Waals surface area contributed by atoms with Crippen LogP contribution in [0.2, 0.25) is 0 Å². The molecule has 0 saturated heterocycles. The van der Waals surface area contributed by atoms with Crippen LogP contribution in [0.5, 0.6) is 0 Å². The van der Waals surface area contributed by atoms with Crippen LogP contribution in [0.25, 0.3) is 5.57 Å². The summed E-state index contributed by atoms with van der Waals surface area (Å²) in [5.74, 6) is 0.135. The summed E-state index contributed by atoms with van der Waals surface area (Å²) < 4.78 is 0. The zero-order valence-corrected chi connectivity index (χ0v) is 10.6. The number of carbonyl (C=O) groups excluding carboxylic acids is 1. The average molecular weight is 239 g/mol. The van der Waals surface area contributed by atoms with Gasteiger partial charge in [0.25, 0.3) is 5.91 Å². The molecular formula is C16H17NO. The van der Waals surface area contributed by atoms with Crippen LogP contribution in [0.3, 0.4) is 0 Å². The van der Waals surface area contributed by atoms with E-state index in [-0.39, 0.29) is 5.91 Å². The lowest BCUT2D eigenvalue weighted by atomic mass is 10.0. The average Bonchev–Trinajstić information content (AvgIpc) is 2.79. The minimum Gasteiger partial charge on any atom is -0.338 e. The Bertz CT molecular complexity index is 539. The molecule has 1 aromatic rings. The molecule has 92 valence electrons. The summed E-state index contributed by atoms with van der Waals surface area (Å²) in [7, 11) is 1.90. The van der Waals surface area contributed by atoms with Gasteiger partial charge in [-0.05, 0) is 42.0 Å². The highest BCUT2D eigenvalue weighted by atomic mass is 16.2. The largest absolute Gasteiger partial charge is 0.338 e. The van der Waals surface area contributed by atoms with Crippen molar-refractivity contribution in [3.8, 4) is 0 Å². The molecule has 0 spiro atoms. The van der Waals surface area contributed by atoms with E-state index < -0.39 is 0 Å². The SMILES string of the molecule is CN1CC2=C(C=C(c3ccccc3)C1=O)CCC2. The molecule has 0 atom stereocenters. The first-order valence-electron chi connectivity index (χ1n) is 6.49. The van der Waals surface area contributed by atoms with E-state index in [9.17, 15) is 4.79 Å². The fourth-order valence-corrected chi connectivity index (χ4v) is 2.81. The maximum absolute atomic E-state index is 12.4. The van der Waals surface area contributed by atoms with E-state index in [1.165, 1.54) is 17.6 Å². The third-order valence-electron chi connectivity index (χ3n) is 3.79. The molecule has 0 N–H and O–H groups in total. The van der Waals surface area contributed by atoms with Crippen LogP contribution < -0.4 is 0 Å². The van der Waals surface area contributed by atoms with Crippen LogP contribution in [-0.4, -0.2) is 24.4 Å². The number of hydrogen-bond donors (Lipinski definition) is 0. The molecule has 2 heteroatoms. The van der Waals surface area contributed by atoms with Gasteiger partial charge in [-0.15, -0.1) is 0 Å². The van der Waals surface area contributed by atoms with E-state index in [2.05, 4.69) is 6.08 Å². The van der Waals surface area contributed by atoms with Gasteiger partial charge < -0.3 is 4.90 Å². The smallest absolute Gasteiger partial charge is 0.254 e. The molecule has 3 rings (SSSR count). The number of amides is 1. The van der Waals surface area contributed by atoms with Gasteiger partial charge in [-0.3, -0.25) is 4.79 Å². The number of allylic oxidation sites excluding steroid dienone is 2. The van der Waals surface area contributed by atoms with Gasteiger partial charge in [0, 0.05) is 19.2 Å². The predicted octanol–water partition coefficient (Wildman–Crippen LogP) is 3.02. The summed E-state index contributed by atoms with van der Waals surface area (Å²) in [6, 6.07) is 9.97. The van der Waals surface area contributed by atoms with Crippen molar-refractivity contribution in [3.05, 3.63) is 53.1 Å². The van der Waals surface area contributed by atoms with E-state index in [0.717, 1.165) is 30.5 Å². The highest BCUT2D eigenvalue weighted by molar-refractivity contribution is 6.20. The second kappa shape index (κ2) is 4.45. The summed E-state index contributed by atoms with van der Waals surface area (Å²) in [5.41, 5.74) is 4.68. The van der Waals surface area contributed by atoms with Crippen LogP contribution in [0, 0.1) is 0 Å². The van der Waals surface area contributed by atoms with E-state index >= 15 is 0 Å². The first kappa shape index (κ1) is 11.3. The minimum atomic E-state index is 0.135. The highest BCUT2D eigenvalue weighted by Crippen LogP contribution is 2.33. The molecule has 2 nitrogen and oxygen atoms in total. The monoisotopic (exact) mass is 239 g/mol. The lowest BCUT2D eigenvalue weighted by Crippen LogP contribution is -2.28. The fraction of sp³-hybridized carbons (Fsp3) is 0.312. The molecule has 0 aromatic heterocycles.